The first-order valence-corrected chi connectivity index (χ1v) is 11.8. The maximum absolute atomic E-state index is 13.1. The van der Waals surface area contributed by atoms with Gasteiger partial charge in [-0.25, -0.2) is 4.98 Å². The van der Waals surface area contributed by atoms with E-state index >= 15 is 0 Å². The zero-order valence-electron chi connectivity index (χ0n) is 18.1. The number of ether oxygens (including phenoxy) is 1. The van der Waals surface area contributed by atoms with Crippen LogP contribution in [0.2, 0.25) is 0 Å². The minimum atomic E-state index is 0.0397. The SMILES string of the molecule is C=CCn1c(SCC(=O)c2cc(C)n(-c3nccs3)c2C)nnc1-c1ccccc1OC. The van der Waals surface area contributed by atoms with Crippen LogP contribution >= 0.6 is 23.1 Å². The Balaban J connectivity index is 1.58. The summed E-state index contributed by atoms with van der Waals surface area (Å²) in [5, 5.41) is 12.2. The number of thiazole rings is 1. The maximum Gasteiger partial charge on any atom is 0.193 e. The van der Waals surface area contributed by atoms with Crippen LogP contribution < -0.4 is 4.74 Å². The Morgan fingerprint density at radius 2 is 2.09 bits per heavy atom. The molecule has 0 aliphatic heterocycles. The second kappa shape index (κ2) is 9.54. The van der Waals surface area contributed by atoms with Crippen molar-refractivity contribution in [3.05, 3.63) is 71.5 Å². The number of hydrogen-bond donors (Lipinski definition) is 0. The van der Waals surface area contributed by atoms with Crippen molar-refractivity contribution < 1.29 is 9.53 Å². The molecule has 164 valence electrons. The number of thioether (sulfide) groups is 1. The summed E-state index contributed by atoms with van der Waals surface area (Å²) in [6.07, 6.45) is 3.55. The van der Waals surface area contributed by atoms with E-state index in [9.17, 15) is 4.79 Å². The fourth-order valence-electron chi connectivity index (χ4n) is 3.59. The molecule has 0 atom stereocenters. The summed E-state index contributed by atoms with van der Waals surface area (Å²) >= 11 is 2.91. The smallest absolute Gasteiger partial charge is 0.193 e. The van der Waals surface area contributed by atoms with Crippen molar-refractivity contribution in [1.29, 1.82) is 0 Å². The minimum absolute atomic E-state index is 0.0397. The number of ketones is 1. The predicted molar refractivity (Wildman–Crippen MR) is 128 cm³/mol. The van der Waals surface area contributed by atoms with E-state index in [1.54, 1.807) is 30.7 Å². The largest absolute Gasteiger partial charge is 0.496 e. The average Bonchev–Trinajstić information content (AvgIpc) is 3.52. The van der Waals surface area contributed by atoms with E-state index in [1.165, 1.54) is 11.8 Å². The number of Topliss-reactive ketones (excluding diaryl/α,β-unsaturated/α-hetero) is 1. The molecular formula is C23H23N5O2S2. The molecule has 0 N–H and O–H groups in total. The van der Waals surface area contributed by atoms with E-state index < -0.39 is 0 Å². The van der Waals surface area contributed by atoms with Gasteiger partial charge in [0.15, 0.2) is 21.9 Å². The van der Waals surface area contributed by atoms with Gasteiger partial charge in [0, 0.05) is 35.1 Å². The molecule has 0 amide bonds. The van der Waals surface area contributed by atoms with Crippen molar-refractivity contribution >= 4 is 28.9 Å². The standard InChI is InChI=1S/C23H23N5O2S2/c1-5-11-27-21(17-8-6-7-9-20(17)30-4)25-26-23(27)32-14-19(29)18-13-15(2)28(16(18)3)22-24-10-12-31-22/h5-10,12-13H,1,11,14H2,2-4H3. The van der Waals surface area contributed by atoms with Crippen molar-refractivity contribution in [2.24, 2.45) is 0 Å². The summed E-state index contributed by atoms with van der Waals surface area (Å²) in [5.41, 5.74) is 3.42. The number of carbonyl (C=O) groups excluding carboxylic acids is 1. The molecule has 1 aromatic carbocycles. The lowest BCUT2D eigenvalue weighted by Gasteiger charge is -2.10. The Bertz CT molecular complexity index is 1260. The van der Waals surface area contributed by atoms with E-state index in [0.717, 1.165) is 22.1 Å². The third kappa shape index (κ3) is 4.13. The van der Waals surface area contributed by atoms with Gasteiger partial charge < -0.3 is 4.74 Å². The molecule has 3 aromatic heterocycles. The van der Waals surface area contributed by atoms with Gasteiger partial charge in [-0.15, -0.1) is 28.1 Å². The lowest BCUT2D eigenvalue weighted by Crippen LogP contribution is -2.07. The Kier molecular flexibility index (Phi) is 6.57. The summed E-state index contributed by atoms with van der Waals surface area (Å²) in [7, 11) is 1.63. The second-order valence-electron chi connectivity index (χ2n) is 7.05. The maximum atomic E-state index is 13.1. The number of benzene rings is 1. The molecule has 0 aliphatic rings. The number of rotatable bonds is 9. The topological polar surface area (TPSA) is 74.8 Å². The van der Waals surface area contributed by atoms with Crippen molar-refractivity contribution in [2.45, 2.75) is 25.5 Å². The summed E-state index contributed by atoms with van der Waals surface area (Å²) in [4.78, 5) is 17.4. The highest BCUT2D eigenvalue weighted by Crippen LogP contribution is 2.31. The van der Waals surface area contributed by atoms with E-state index in [4.69, 9.17) is 4.74 Å². The number of carbonyl (C=O) groups is 1. The number of nitrogens with zero attached hydrogens (tertiary/aromatic N) is 5. The van der Waals surface area contributed by atoms with Crippen molar-refractivity contribution in [3.8, 4) is 22.3 Å². The van der Waals surface area contributed by atoms with Crippen LogP contribution in [0.5, 0.6) is 5.75 Å². The second-order valence-corrected chi connectivity index (χ2v) is 8.87. The molecule has 3 heterocycles. The Labute approximate surface area is 194 Å². The summed E-state index contributed by atoms with van der Waals surface area (Å²) in [6, 6.07) is 9.59. The summed E-state index contributed by atoms with van der Waals surface area (Å²) < 4.78 is 9.44. The molecule has 0 bridgehead atoms. The highest BCUT2D eigenvalue weighted by molar-refractivity contribution is 7.99. The zero-order valence-corrected chi connectivity index (χ0v) is 19.7. The van der Waals surface area contributed by atoms with Gasteiger partial charge >= 0.3 is 0 Å². The number of hydrogen-bond acceptors (Lipinski definition) is 7. The lowest BCUT2D eigenvalue weighted by molar-refractivity contribution is 0.102. The highest BCUT2D eigenvalue weighted by atomic mass is 32.2. The van der Waals surface area contributed by atoms with Crippen LogP contribution in [0.3, 0.4) is 0 Å². The van der Waals surface area contributed by atoms with Crippen LogP contribution in [0.25, 0.3) is 16.5 Å². The van der Waals surface area contributed by atoms with Gasteiger partial charge in [-0.1, -0.05) is 30.0 Å². The predicted octanol–water partition coefficient (Wildman–Crippen LogP) is 4.98. The molecule has 0 radical (unpaired) electrons. The van der Waals surface area contributed by atoms with Crippen LogP contribution in [0.1, 0.15) is 21.7 Å². The third-order valence-electron chi connectivity index (χ3n) is 5.05. The molecule has 7 nitrogen and oxygen atoms in total. The van der Waals surface area contributed by atoms with Gasteiger partial charge in [0.2, 0.25) is 0 Å². The van der Waals surface area contributed by atoms with Crippen LogP contribution in [0.15, 0.2) is 59.7 Å². The number of aryl methyl sites for hydroxylation is 1. The summed E-state index contributed by atoms with van der Waals surface area (Å²) in [5.74, 6) is 1.69. The molecule has 0 spiro atoms. The number of para-hydroxylation sites is 1. The van der Waals surface area contributed by atoms with E-state index in [2.05, 4.69) is 21.8 Å². The first-order valence-electron chi connectivity index (χ1n) is 9.97. The first-order chi connectivity index (χ1) is 15.5. The van der Waals surface area contributed by atoms with Gasteiger partial charge in [0.1, 0.15) is 5.75 Å². The van der Waals surface area contributed by atoms with Crippen molar-refractivity contribution in [1.82, 2.24) is 24.3 Å². The lowest BCUT2D eigenvalue weighted by atomic mass is 10.2. The molecule has 0 saturated heterocycles. The van der Waals surface area contributed by atoms with Crippen molar-refractivity contribution in [2.75, 3.05) is 12.9 Å². The van der Waals surface area contributed by atoms with Gasteiger partial charge in [-0.05, 0) is 32.0 Å². The molecule has 0 fully saturated rings. The molecular weight excluding hydrogens is 442 g/mol. The normalized spacial score (nSPS) is 11.0. The van der Waals surface area contributed by atoms with E-state index in [-0.39, 0.29) is 11.5 Å². The quantitative estimate of drug-likeness (QED) is 0.197. The Morgan fingerprint density at radius 1 is 1.28 bits per heavy atom. The fourth-order valence-corrected chi connectivity index (χ4v) is 5.17. The summed E-state index contributed by atoms with van der Waals surface area (Å²) in [6.45, 7) is 8.31. The van der Waals surface area contributed by atoms with Crippen molar-refractivity contribution in [3.63, 3.8) is 0 Å². The van der Waals surface area contributed by atoms with Gasteiger partial charge in [-0.3, -0.25) is 13.9 Å². The number of methoxy groups -OCH3 is 1. The van der Waals surface area contributed by atoms with Gasteiger partial charge in [0.25, 0.3) is 0 Å². The third-order valence-corrected chi connectivity index (χ3v) is 6.77. The molecule has 0 aliphatic carbocycles. The first kappa shape index (κ1) is 22.0. The van der Waals surface area contributed by atoms with Crippen LogP contribution in [0, 0.1) is 13.8 Å². The Morgan fingerprint density at radius 3 is 2.81 bits per heavy atom. The Hall–Kier alpha value is -3.17. The van der Waals surface area contributed by atoms with Crippen LogP contribution in [0.4, 0.5) is 0 Å². The molecule has 0 saturated carbocycles. The monoisotopic (exact) mass is 465 g/mol. The molecule has 0 unspecified atom stereocenters. The van der Waals surface area contributed by atoms with E-state index in [0.29, 0.717) is 28.8 Å². The molecule has 32 heavy (non-hydrogen) atoms. The van der Waals surface area contributed by atoms with E-state index in [1.807, 2.05) is 58.7 Å². The fraction of sp³-hybridized carbons (Fsp3) is 0.217. The molecule has 9 heteroatoms. The molecule has 4 rings (SSSR count). The molecule has 4 aromatic rings. The number of allylic oxidation sites excluding steroid dienone is 1. The highest BCUT2D eigenvalue weighted by Gasteiger charge is 2.21. The zero-order chi connectivity index (χ0) is 22.7. The number of aromatic nitrogens is 5. The van der Waals surface area contributed by atoms with Gasteiger partial charge in [-0.2, -0.15) is 0 Å². The van der Waals surface area contributed by atoms with Crippen LogP contribution in [-0.2, 0) is 6.54 Å². The minimum Gasteiger partial charge on any atom is -0.496 e. The average molecular weight is 466 g/mol. The van der Waals surface area contributed by atoms with Gasteiger partial charge in [0.05, 0.1) is 18.4 Å². The van der Waals surface area contributed by atoms with Crippen LogP contribution in [-0.4, -0.2) is 43.0 Å².